The molecule has 0 aliphatic carbocycles. The van der Waals surface area contributed by atoms with Gasteiger partial charge < -0.3 is 19.3 Å². The smallest absolute Gasteiger partial charge is 0.227 e. The predicted octanol–water partition coefficient (Wildman–Crippen LogP) is 5.39. The van der Waals surface area contributed by atoms with E-state index in [-0.39, 0.29) is 11.8 Å². The van der Waals surface area contributed by atoms with Crippen molar-refractivity contribution < 1.29 is 14.3 Å². The fourth-order valence-corrected chi connectivity index (χ4v) is 6.27. The van der Waals surface area contributed by atoms with Crippen LogP contribution in [0, 0.1) is 11.8 Å². The Morgan fingerprint density at radius 3 is 2.84 bits per heavy atom. The van der Waals surface area contributed by atoms with Gasteiger partial charge in [0.05, 0.1) is 24.2 Å². The number of amides is 1. The molecule has 3 aliphatic rings. The molecule has 37 heavy (non-hydrogen) atoms. The van der Waals surface area contributed by atoms with Gasteiger partial charge in [0.2, 0.25) is 5.91 Å². The Bertz CT molecular complexity index is 1120. The van der Waals surface area contributed by atoms with Crippen molar-refractivity contribution in [1.82, 2.24) is 9.80 Å². The molecular weight excluding hydrogens is 486 g/mol. The Morgan fingerprint density at radius 1 is 1.16 bits per heavy atom. The van der Waals surface area contributed by atoms with Gasteiger partial charge in [0, 0.05) is 51.9 Å². The number of halogens is 1. The minimum Gasteiger partial charge on any atom is -0.489 e. The van der Waals surface area contributed by atoms with Crippen LogP contribution in [0.5, 0.6) is 11.5 Å². The summed E-state index contributed by atoms with van der Waals surface area (Å²) in [6.45, 7) is 10.7. The lowest BCUT2D eigenvalue weighted by molar-refractivity contribution is -0.138. The van der Waals surface area contributed by atoms with Crippen molar-refractivity contribution in [2.75, 3.05) is 51.3 Å². The van der Waals surface area contributed by atoms with Gasteiger partial charge in [-0.3, -0.25) is 9.69 Å². The first-order chi connectivity index (χ1) is 17.9. The second kappa shape index (κ2) is 11.5. The molecule has 3 heterocycles. The van der Waals surface area contributed by atoms with Crippen LogP contribution in [0.4, 0.5) is 5.69 Å². The second-order valence-corrected chi connectivity index (χ2v) is 11.6. The third-order valence-corrected chi connectivity index (χ3v) is 8.02. The van der Waals surface area contributed by atoms with Crippen molar-refractivity contribution in [1.29, 1.82) is 0 Å². The lowest BCUT2D eigenvalue weighted by atomic mass is 9.94. The molecule has 0 bridgehead atoms. The van der Waals surface area contributed by atoms with E-state index in [2.05, 4.69) is 48.9 Å². The van der Waals surface area contributed by atoms with Crippen molar-refractivity contribution >= 4 is 23.2 Å². The molecule has 2 aromatic carbocycles. The zero-order valence-electron chi connectivity index (χ0n) is 22.5. The quantitative estimate of drug-likeness (QED) is 0.485. The van der Waals surface area contributed by atoms with E-state index in [1.54, 1.807) is 0 Å². The number of hydrogen-bond donors (Lipinski definition) is 0. The largest absolute Gasteiger partial charge is 0.489 e. The van der Waals surface area contributed by atoms with Crippen molar-refractivity contribution in [2.45, 2.75) is 52.6 Å². The third-order valence-electron chi connectivity index (χ3n) is 7.74. The van der Waals surface area contributed by atoms with E-state index in [9.17, 15) is 4.79 Å². The van der Waals surface area contributed by atoms with Gasteiger partial charge in [0.25, 0.3) is 0 Å². The fraction of sp³-hybridized carbons (Fsp3) is 0.567. The van der Waals surface area contributed by atoms with Crippen LogP contribution < -0.4 is 14.4 Å². The minimum atomic E-state index is 0.0165. The van der Waals surface area contributed by atoms with Crippen LogP contribution in [0.25, 0.3) is 0 Å². The lowest BCUT2D eigenvalue weighted by Gasteiger charge is -2.36. The molecule has 6 nitrogen and oxygen atoms in total. The number of likely N-dealkylation sites (tertiary alicyclic amines) is 1. The molecule has 3 aliphatic heterocycles. The molecule has 1 atom stereocenters. The number of carbonyl (C=O) groups is 1. The van der Waals surface area contributed by atoms with Gasteiger partial charge in [-0.15, -0.1) is 0 Å². The van der Waals surface area contributed by atoms with Crippen molar-refractivity contribution in [3.05, 3.63) is 52.0 Å². The monoisotopic (exact) mass is 525 g/mol. The van der Waals surface area contributed by atoms with Crippen molar-refractivity contribution in [2.24, 2.45) is 11.8 Å². The molecule has 7 heteroatoms. The van der Waals surface area contributed by atoms with E-state index in [0.29, 0.717) is 42.2 Å². The van der Waals surface area contributed by atoms with Crippen LogP contribution in [0.3, 0.4) is 0 Å². The molecule has 1 saturated heterocycles. The number of carbonyl (C=O) groups excluding carboxylic acids is 1. The van der Waals surface area contributed by atoms with Crippen LogP contribution in [0.2, 0.25) is 5.02 Å². The lowest BCUT2D eigenvalue weighted by Crippen LogP contribution is -2.45. The summed E-state index contributed by atoms with van der Waals surface area (Å²) in [6.07, 6.45) is 3.94. The summed E-state index contributed by atoms with van der Waals surface area (Å²) in [4.78, 5) is 20.8. The number of likely N-dealkylation sites (N-methyl/N-ethyl adjacent to an activating group) is 1. The summed E-state index contributed by atoms with van der Waals surface area (Å²) in [5.74, 6) is 1.94. The summed E-state index contributed by atoms with van der Waals surface area (Å²) in [5, 5.41) is 0.552. The highest BCUT2D eigenvalue weighted by atomic mass is 35.5. The molecule has 0 saturated carbocycles. The SMILES string of the molecule is CC(C)CN(Cc1cc(Cl)c2c(c1)OCCCO2)C(=O)[C@@H]1CCCN(Cc2cccc3c2CCN3C)C1. The maximum Gasteiger partial charge on any atom is 0.227 e. The second-order valence-electron chi connectivity index (χ2n) is 11.2. The Labute approximate surface area is 226 Å². The van der Waals surface area contributed by atoms with Gasteiger partial charge in [0.15, 0.2) is 11.5 Å². The average Bonchev–Trinajstić information content (AvgIpc) is 3.09. The van der Waals surface area contributed by atoms with E-state index < -0.39 is 0 Å². The van der Waals surface area contributed by atoms with E-state index in [4.69, 9.17) is 21.1 Å². The van der Waals surface area contributed by atoms with E-state index >= 15 is 0 Å². The molecule has 0 aromatic heterocycles. The maximum atomic E-state index is 13.9. The summed E-state index contributed by atoms with van der Waals surface area (Å²) in [5.41, 5.74) is 5.24. The Hall–Kier alpha value is -2.44. The van der Waals surface area contributed by atoms with Crippen LogP contribution in [-0.4, -0.2) is 62.1 Å². The van der Waals surface area contributed by atoms with Gasteiger partial charge >= 0.3 is 0 Å². The van der Waals surface area contributed by atoms with Gasteiger partial charge in [-0.1, -0.05) is 37.6 Å². The van der Waals surface area contributed by atoms with Gasteiger partial charge in [-0.2, -0.15) is 0 Å². The van der Waals surface area contributed by atoms with Gasteiger partial charge in [-0.05, 0) is 66.6 Å². The number of fused-ring (bicyclic) bond motifs is 2. The summed E-state index contributed by atoms with van der Waals surface area (Å²) < 4.78 is 11.7. The molecule has 200 valence electrons. The predicted molar refractivity (Wildman–Crippen MR) is 149 cm³/mol. The van der Waals surface area contributed by atoms with Crippen LogP contribution in [-0.2, 0) is 24.3 Å². The summed E-state index contributed by atoms with van der Waals surface area (Å²) in [6, 6.07) is 10.6. The van der Waals surface area contributed by atoms with Crippen LogP contribution >= 0.6 is 11.6 Å². The van der Waals surface area contributed by atoms with E-state index in [1.807, 2.05) is 17.0 Å². The highest BCUT2D eigenvalue weighted by Crippen LogP contribution is 2.38. The molecule has 0 spiro atoms. The van der Waals surface area contributed by atoms with Crippen LogP contribution in [0.15, 0.2) is 30.3 Å². The molecule has 1 amide bonds. The topological polar surface area (TPSA) is 45.3 Å². The standard InChI is InChI=1S/C30H40ClN3O3/c1-21(2)17-34(18-22-15-26(31)29-28(16-22)36-13-6-14-37-29)30(35)24-8-5-11-33(20-24)19-23-7-4-9-27-25(23)10-12-32(27)3/h4,7,9,15-16,21,24H,5-6,8,10-14,17-20H2,1-3H3/t24-/m1/s1. The van der Waals surface area contributed by atoms with Crippen molar-refractivity contribution in [3.63, 3.8) is 0 Å². The number of nitrogens with zero attached hydrogens (tertiary/aromatic N) is 3. The minimum absolute atomic E-state index is 0.0165. The molecule has 2 aromatic rings. The van der Waals surface area contributed by atoms with Crippen LogP contribution in [0.1, 0.15) is 49.8 Å². The summed E-state index contributed by atoms with van der Waals surface area (Å²) in [7, 11) is 2.17. The number of rotatable bonds is 7. The first kappa shape index (κ1) is 26.2. The maximum absolute atomic E-state index is 13.9. The number of benzene rings is 2. The molecule has 5 rings (SSSR count). The van der Waals surface area contributed by atoms with E-state index in [1.165, 1.54) is 16.8 Å². The first-order valence-electron chi connectivity index (χ1n) is 13.8. The molecule has 1 fully saturated rings. The fourth-order valence-electron chi connectivity index (χ4n) is 5.98. The number of hydrogen-bond acceptors (Lipinski definition) is 5. The third kappa shape index (κ3) is 6.01. The number of anilines is 1. The zero-order valence-corrected chi connectivity index (χ0v) is 23.2. The van der Waals surface area contributed by atoms with Crippen molar-refractivity contribution in [3.8, 4) is 11.5 Å². The Morgan fingerprint density at radius 2 is 2.00 bits per heavy atom. The highest BCUT2D eigenvalue weighted by Gasteiger charge is 2.31. The highest BCUT2D eigenvalue weighted by molar-refractivity contribution is 6.32. The van der Waals surface area contributed by atoms with Gasteiger partial charge in [0.1, 0.15) is 0 Å². The summed E-state index contributed by atoms with van der Waals surface area (Å²) >= 11 is 6.56. The normalized spacial score (nSPS) is 19.6. The average molecular weight is 526 g/mol. The first-order valence-corrected chi connectivity index (χ1v) is 14.2. The molecule has 0 unspecified atom stereocenters. The molecule has 0 radical (unpaired) electrons. The number of piperidine rings is 1. The number of ether oxygens (including phenoxy) is 2. The Kier molecular flexibility index (Phi) is 8.15. The van der Waals surface area contributed by atoms with E-state index in [0.717, 1.165) is 64.0 Å². The Balaban J connectivity index is 1.29. The van der Waals surface area contributed by atoms with Gasteiger partial charge in [-0.25, -0.2) is 0 Å². The molecular formula is C30H40ClN3O3. The molecule has 0 N–H and O–H groups in total. The zero-order chi connectivity index (χ0) is 25.9.